The average Bonchev–Trinajstić information content (AvgIpc) is 3.07. The summed E-state index contributed by atoms with van der Waals surface area (Å²) in [4.78, 5) is 28.4. The van der Waals surface area contributed by atoms with E-state index in [-0.39, 0.29) is 23.8 Å². The van der Waals surface area contributed by atoms with Crippen LogP contribution >= 0.6 is 0 Å². The summed E-state index contributed by atoms with van der Waals surface area (Å²) in [6.07, 6.45) is 0.577. The van der Waals surface area contributed by atoms with Gasteiger partial charge >= 0.3 is 0 Å². The summed E-state index contributed by atoms with van der Waals surface area (Å²) < 4.78 is 1.86. The Morgan fingerprint density at radius 2 is 1.80 bits per heavy atom. The fraction of sp³-hybridized carbons (Fsp3) is 0.130. The molecule has 1 heterocycles. The lowest BCUT2D eigenvalue weighted by molar-refractivity contribution is -0.384. The van der Waals surface area contributed by atoms with Gasteiger partial charge in [0.2, 0.25) is 5.91 Å². The van der Waals surface area contributed by atoms with Gasteiger partial charge in [0.25, 0.3) is 5.69 Å². The van der Waals surface area contributed by atoms with Crippen molar-refractivity contribution in [1.82, 2.24) is 9.55 Å². The highest BCUT2D eigenvalue weighted by Gasteiger charge is 2.18. The molecule has 30 heavy (non-hydrogen) atoms. The van der Waals surface area contributed by atoms with E-state index in [1.807, 2.05) is 59.2 Å². The molecule has 1 amide bonds. The molecule has 0 unspecified atom stereocenters. The second-order valence-corrected chi connectivity index (χ2v) is 7.09. The Morgan fingerprint density at radius 3 is 2.57 bits per heavy atom. The van der Waals surface area contributed by atoms with Crippen molar-refractivity contribution in [3.63, 3.8) is 0 Å². The zero-order valence-electron chi connectivity index (χ0n) is 16.4. The zero-order chi connectivity index (χ0) is 21.1. The molecule has 0 bridgehead atoms. The molecule has 4 aromatic rings. The first-order valence-electron chi connectivity index (χ1n) is 9.54. The highest BCUT2D eigenvalue weighted by atomic mass is 16.6. The van der Waals surface area contributed by atoms with Crippen LogP contribution in [-0.2, 0) is 17.8 Å². The number of benzene rings is 3. The van der Waals surface area contributed by atoms with Crippen molar-refractivity contribution in [3.05, 3.63) is 99.9 Å². The molecule has 0 aliphatic rings. The van der Waals surface area contributed by atoms with E-state index in [0.717, 1.165) is 28.0 Å². The van der Waals surface area contributed by atoms with Gasteiger partial charge in [-0.15, -0.1) is 0 Å². The van der Waals surface area contributed by atoms with Gasteiger partial charge in [0.15, 0.2) is 0 Å². The molecule has 0 saturated carbocycles. The summed E-state index contributed by atoms with van der Waals surface area (Å²) >= 11 is 0. The first-order valence-corrected chi connectivity index (χ1v) is 9.54. The number of fused-ring (bicyclic) bond motifs is 1. The Hall–Kier alpha value is -4.00. The number of nitrogens with one attached hydrogen (secondary N) is 1. The van der Waals surface area contributed by atoms with Crippen LogP contribution in [-0.4, -0.2) is 20.4 Å². The molecule has 0 radical (unpaired) electrons. The maximum atomic E-state index is 12.8. The molecular formula is C23H20N4O3. The summed E-state index contributed by atoms with van der Waals surface area (Å²) in [5.74, 6) is 0.412. The van der Waals surface area contributed by atoms with Gasteiger partial charge in [-0.05, 0) is 36.2 Å². The molecule has 1 N–H and O–H groups in total. The Bertz CT molecular complexity index is 1230. The molecule has 0 aliphatic heterocycles. The van der Waals surface area contributed by atoms with Crippen LogP contribution in [0.1, 0.15) is 17.0 Å². The number of para-hydroxylation sites is 2. The number of aryl methyl sites for hydroxylation is 1. The molecule has 0 atom stereocenters. The third kappa shape index (κ3) is 4.05. The molecule has 0 fully saturated rings. The maximum absolute atomic E-state index is 12.8. The van der Waals surface area contributed by atoms with Crippen molar-refractivity contribution in [3.8, 4) is 0 Å². The van der Waals surface area contributed by atoms with Crippen LogP contribution in [0.4, 0.5) is 11.4 Å². The van der Waals surface area contributed by atoms with E-state index < -0.39 is 4.92 Å². The number of carbonyl (C=O) groups excluding carboxylic acids is 1. The summed E-state index contributed by atoms with van der Waals surface area (Å²) in [6.45, 7) is 1.78. The summed E-state index contributed by atoms with van der Waals surface area (Å²) in [5, 5.41) is 14.0. The van der Waals surface area contributed by atoms with E-state index >= 15 is 0 Å². The monoisotopic (exact) mass is 400 g/mol. The lowest BCUT2D eigenvalue weighted by Gasteiger charge is -2.11. The number of aromatic nitrogens is 2. The minimum absolute atomic E-state index is 0.00765. The number of nitrogens with zero attached hydrogens (tertiary/aromatic N) is 3. The largest absolute Gasteiger partial charge is 0.319 e. The predicted octanol–water partition coefficient (Wildman–Crippen LogP) is 4.48. The Labute approximate surface area is 173 Å². The Balaban J connectivity index is 1.64. The average molecular weight is 400 g/mol. The molecule has 7 heteroatoms. The Morgan fingerprint density at radius 1 is 1.07 bits per heavy atom. The van der Waals surface area contributed by atoms with Crippen LogP contribution in [0.2, 0.25) is 0 Å². The standard InChI is InChI=1S/C23H20N4O3/c1-16-11-12-19(21(13-16)27(29)30)25-23(28)15-26-20-10-6-5-9-18(20)24-22(26)14-17-7-3-2-4-8-17/h2-13H,14-15H2,1H3,(H,25,28). The zero-order valence-corrected chi connectivity index (χ0v) is 16.4. The number of nitro benzene ring substituents is 1. The molecule has 150 valence electrons. The number of imidazole rings is 1. The number of carbonyl (C=O) groups is 1. The van der Waals surface area contributed by atoms with Crippen LogP contribution in [0.25, 0.3) is 11.0 Å². The third-order valence-corrected chi connectivity index (χ3v) is 4.86. The molecule has 4 rings (SSSR count). The highest BCUT2D eigenvalue weighted by molar-refractivity contribution is 5.94. The van der Waals surface area contributed by atoms with E-state index in [1.54, 1.807) is 19.1 Å². The maximum Gasteiger partial charge on any atom is 0.293 e. The predicted molar refractivity (Wildman–Crippen MR) is 115 cm³/mol. The van der Waals surface area contributed by atoms with Crippen LogP contribution in [0, 0.1) is 17.0 Å². The van der Waals surface area contributed by atoms with Gasteiger partial charge in [0.05, 0.1) is 16.0 Å². The van der Waals surface area contributed by atoms with Gasteiger partial charge < -0.3 is 9.88 Å². The number of amides is 1. The number of rotatable bonds is 6. The van der Waals surface area contributed by atoms with Crippen molar-refractivity contribution in [2.45, 2.75) is 19.9 Å². The van der Waals surface area contributed by atoms with E-state index in [9.17, 15) is 14.9 Å². The molecule has 0 aliphatic carbocycles. The van der Waals surface area contributed by atoms with Gasteiger partial charge in [0, 0.05) is 12.5 Å². The van der Waals surface area contributed by atoms with Crippen molar-refractivity contribution in [2.24, 2.45) is 0 Å². The van der Waals surface area contributed by atoms with Gasteiger partial charge in [-0.2, -0.15) is 0 Å². The number of nitro groups is 1. The normalized spacial score (nSPS) is 10.8. The van der Waals surface area contributed by atoms with Crippen LogP contribution in [0.3, 0.4) is 0 Å². The first kappa shape index (κ1) is 19.3. The Kier molecular flexibility index (Phi) is 5.26. The van der Waals surface area contributed by atoms with Gasteiger partial charge in [-0.1, -0.05) is 48.5 Å². The van der Waals surface area contributed by atoms with Crippen molar-refractivity contribution < 1.29 is 9.72 Å². The molecule has 3 aromatic carbocycles. The number of hydrogen-bond acceptors (Lipinski definition) is 4. The van der Waals surface area contributed by atoms with Crippen molar-refractivity contribution >= 4 is 28.3 Å². The minimum Gasteiger partial charge on any atom is -0.319 e. The molecule has 0 spiro atoms. The van der Waals surface area contributed by atoms with E-state index in [4.69, 9.17) is 4.98 Å². The molecule has 7 nitrogen and oxygen atoms in total. The van der Waals surface area contributed by atoms with Gasteiger partial charge in [-0.3, -0.25) is 14.9 Å². The molecule has 1 aromatic heterocycles. The second kappa shape index (κ2) is 8.16. The summed E-state index contributed by atoms with van der Waals surface area (Å²) in [6, 6.07) is 22.3. The fourth-order valence-electron chi connectivity index (χ4n) is 3.45. The number of anilines is 1. The first-order chi connectivity index (χ1) is 14.5. The lowest BCUT2D eigenvalue weighted by atomic mass is 10.1. The third-order valence-electron chi connectivity index (χ3n) is 4.86. The fourth-order valence-corrected chi connectivity index (χ4v) is 3.45. The molecular weight excluding hydrogens is 380 g/mol. The van der Waals surface area contributed by atoms with Gasteiger partial charge in [-0.25, -0.2) is 4.98 Å². The van der Waals surface area contributed by atoms with Crippen molar-refractivity contribution in [1.29, 1.82) is 0 Å². The molecule has 0 saturated heterocycles. The quantitative estimate of drug-likeness (QED) is 0.382. The lowest BCUT2D eigenvalue weighted by Crippen LogP contribution is -2.21. The highest BCUT2D eigenvalue weighted by Crippen LogP contribution is 2.26. The number of hydrogen-bond donors (Lipinski definition) is 1. The van der Waals surface area contributed by atoms with Crippen LogP contribution in [0.5, 0.6) is 0 Å². The summed E-state index contributed by atoms with van der Waals surface area (Å²) in [5.41, 5.74) is 3.55. The second-order valence-electron chi connectivity index (χ2n) is 7.09. The smallest absolute Gasteiger partial charge is 0.293 e. The van der Waals surface area contributed by atoms with Crippen molar-refractivity contribution in [2.75, 3.05) is 5.32 Å². The topological polar surface area (TPSA) is 90.1 Å². The summed E-state index contributed by atoms with van der Waals surface area (Å²) in [7, 11) is 0. The van der Waals surface area contributed by atoms with Crippen LogP contribution < -0.4 is 5.32 Å². The van der Waals surface area contributed by atoms with E-state index in [2.05, 4.69) is 5.32 Å². The SMILES string of the molecule is Cc1ccc(NC(=O)Cn2c(Cc3ccccc3)nc3ccccc32)c([N+](=O)[O-])c1. The minimum atomic E-state index is -0.490. The van der Waals surface area contributed by atoms with E-state index in [1.165, 1.54) is 6.07 Å². The van der Waals surface area contributed by atoms with Gasteiger partial charge in [0.1, 0.15) is 18.1 Å². The van der Waals surface area contributed by atoms with Crippen LogP contribution in [0.15, 0.2) is 72.8 Å². The van der Waals surface area contributed by atoms with E-state index in [0.29, 0.717) is 6.42 Å².